The molecule has 0 fully saturated rings. The van der Waals surface area contributed by atoms with E-state index in [4.69, 9.17) is 5.73 Å². The molecule has 2 rings (SSSR count). The van der Waals surface area contributed by atoms with Gasteiger partial charge < -0.3 is 5.73 Å². The van der Waals surface area contributed by atoms with Crippen molar-refractivity contribution in [3.63, 3.8) is 0 Å². The predicted octanol–water partition coefficient (Wildman–Crippen LogP) is 2.88. The van der Waals surface area contributed by atoms with E-state index < -0.39 is 17.7 Å². The first-order valence-electron chi connectivity index (χ1n) is 4.83. The quantitative estimate of drug-likeness (QED) is 0.799. The van der Waals surface area contributed by atoms with Crippen LogP contribution in [-0.2, 0) is 6.18 Å². The van der Waals surface area contributed by atoms with E-state index in [1.807, 2.05) is 0 Å². The fraction of sp³-hybridized carbons (Fsp3) is 0.0909. The Bertz CT molecular complexity index is 563. The second-order valence-corrected chi connectivity index (χ2v) is 3.50. The van der Waals surface area contributed by atoms with Gasteiger partial charge in [-0.2, -0.15) is 13.2 Å². The molecule has 94 valence electrons. The largest absolute Gasteiger partial charge is 0.433 e. The average molecular weight is 257 g/mol. The third-order valence-electron chi connectivity index (χ3n) is 2.19. The molecule has 2 heterocycles. The molecule has 2 N–H and O–H groups in total. The first-order valence-corrected chi connectivity index (χ1v) is 4.83. The van der Waals surface area contributed by atoms with Crippen LogP contribution in [0.2, 0.25) is 0 Å². The van der Waals surface area contributed by atoms with Crippen LogP contribution in [0.3, 0.4) is 0 Å². The molecular weight excluding hydrogens is 250 g/mol. The van der Waals surface area contributed by atoms with E-state index >= 15 is 0 Å². The van der Waals surface area contributed by atoms with E-state index in [9.17, 15) is 17.6 Å². The van der Waals surface area contributed by atoms with Crippen molar-refractivity contribution >= 4 is 5.82 Å². The van der Waals surface area contributed by atoms with Crippen molar-refractivity contribution in [1.29, 1.82) is 0 Å². The molecule has 0 aromatic carbocycles. The van der Waals surface area contributed by atoms with Gasteiger partial charge in [0.05, 0.1) is 0 Å². The highest BCUT2D eigenvalue weighted by Gasteiger charge is 2.32. The molecule has 0 saturated carbocycles. The summed E-state index contributed by atoms with van der Waals surface area (Å²) in [4.78, 5) is 6.94. The van der Waals surface area contributed by atoms with Gasteiger partial charge in [0.1, 0.15) is 23.0 Å². The number of pyridine rings is 2. The fourth-order valence-electron chi connectivity index (χ4n) is 1.36. The van der Waals surface area contributed by atoms with Gasteiger partial charge in [0, 0.05) is 11.8 Å². The van der Waals surface area contributed by atoms with Gasteiger partial charge in [-0.3, -0.25) is 4.98 Å². The number of halogens is 4. The van der Waals surface area contributed by atoms with Crippen LogP contribution in [0, 0.1) is 5.82 Å². The van der Waals surface area contributed by atoms with Crippen LogP contribution in [-0.4, -0.2) is 9.97 Å². The lowest BCUT2D eigenvalue weighted by atomic mass is 10.1. The number of aromatic nitrogens is 2. The minimum Gasteiger partial charge on any atom is -0.384 e. The summed E-state index contributed by atoms with van der Waals surface area (Å²) in [5, 5.41) is 0. The molecule has 3 nitrogen and oxygen atoms in total. The molecule has 0 atom stereocenters. The van der Waals surface area contributed by atoms with E-state index in [2.05, 4.69) is 9.97 Å². The second-order valence-electron chi connectivity index (χ2n) is 3.50. The predicted molar refractivity (Wildman–Crippen MR) is 56.8 cm³/mol. The Morgan fingerprint density at radius 1 is 1.06 bits per heavy atom. The number of nitrogens with zero attached hydrogens (tertiary/aromatic N) is 2. The van der Waals surface area contributed by atoms with Gasteiger partial charge in [0.2, 0.25) is 0 Å². The molecule has 0 amide bonds. The summed E-state index contributed by atoms with van der Waals surface area (Å²) in [6.45, 7) is 0. The fourth-order valence-corrected chi connectivity index (χ4v) is 1.36. The van der Waals surface area contributed by atoms with Gasteiger partial charge >= 0.3 is 6.18 Å². The molecule has 0 unspecified atom stereocenters. The number of nitrogens with two attached hydrogens (primary N) is 1. The minimum absolute atomic E-state index is 0.0753. The van der Waals surface area contributed by atoms with Gasteiger partial charge in [-0.15, -0.1) is 0 Å². The monoisotopic (exact) mass is 257 g/mol. The number of rotatable bonds is 1. The number of anilines is 1. The molecular formula is C11H7F4N3. The highest BCUT2D eigenvalue weighted by atomic mass is 19.4. The second kappa shape index (κ2) is 4.25. The zero-order chi connectivity index (χ0) is 13.3. The molecule has 2 aromatic rings. The number of hydrogen-bond donors (Lipinski definition) is 1. The lowest BCUT2D eigenvalue weighted by molar-refractivity contribution is -0.141. The Kier molecular flexibility index (Phi) is 2.90. The SMILES string of the molecule is Nc1ccc(F)c(-c2ccc(C(F)(F)F)nc2)n1. The standard InChI is InChI=1S/C11H7F4N3/c12-7-2-4-9(16)18-10(7)6-1-3-8(17-5-6)11(13,14)15/h1-5H,(H2,16,18). The van der Waals surface area contributed by atoms with Gasteiger partial charge in [-0.05, 0) is 24.3 Å². The Morgan fingerprint density at radius 3 is 2.33 bits per heavy atom. The first-order chi connectivity index (χ1) is 8.38. The topological polar surface area (TPSA) is 51.8 Å². The summed E-state index contributed by atoms with van der Waals surface area (Å²) in [5.74, 6) is -0.600. The minimum atomic E-state index is -4.53. The normalized spacial score (nSPS) is 11.6. The molecule has 0 aliphatic carbocycles. The van der Waals surface area contributed by atoms with Crippen molar-refractivity contribution in [1.82, 2.24) is 9.97 Å². The van der Waals surface area contributed by atoms with E-state index in [0.717, 1.165) is 24.4 Å². The number of nitrogen functional groups attached to an aromatic ring is 1. The van der Waals surface area contributed by atoms with Gasteiger partial charge in [0.15, 0.2) is 0 Å². The van der Waals surface area contributed by atoms with Gasteiger partial charge in [0.25, 0.3) is 0 Å². The summed E-state index contributed by atoms with van der Waals surface area (Å²) in [6.07, 6.45) is -3.62. The Hall–Kier alpha value is -2.18. The maximum absolute atomic E-state index is 13.4. The summed E-state index contributed by atoms with van der Waals surface area (Å²) in [5.41, 5.74) is 4.34. The summed E-state index contributed by atoms with van der Waals surface area (Å²) >= 11 is 0. The lowest BCUT2D eigenvalue weighted by Gasteiger charge is -2.07. The van der Waals surface area contributed by atoms with Crippen LogP contribution < -0.4 is 5.73 Å². The van der Waals surface area contributed by atoms with Crippen molar-refractivity contribution < 1.29 is 17.6 Å². The molecule has 18 heavy (non-hydrogen) atoms. The van der Waals surface area contributed by atoms with Gasteiger partial charge in [-0.1, -0.05) is 0 Å². The maximum Gasteiger partial charge on any atom is 0.433 e. The van der Waals surface area contributed by atoms with Crippen molar-refractivity contribution in [3.05, 3.63) is 42.0 Å². The molecule has 0 spiro atoms. The van der Waals surface area contributed by atoms with E-state index in [1.165, 1.54) is 6.07 Å². The molecule has 0 aliphatic rings. The molecule has 0 bridgehead atoms. The van der Waals surface area contributed by atoms with Crippen LogP contribution in [0.1, 0.15) is 5.69 Å². The highest BCUT2D eigenvalue weighted by Crippen LogP contribution is 2.29. The van der Waals surface area contributed by atoms with Crippen molar-refractivity contribution in [2.24, 2.45) is 0 Å². The van der Waals surface area contributed by atoms with Crippen LogP contribution >= 0.6 is 0 Å². The summed E-state index contributed by atoms with van der Waals surface area (Å²) < 4.78 is 50.3. The van der Waals surface area contributed by atoms with Crippen molar-refractivity contribution in [2.45, 2.75) is 6.18 Å². The summed E-state index contributed by atoms with van der Waals surface area (Å²) in [7, 11) is 0. The zero-order valence-corrected chi connectivity index (χ0v) is 8.87. The van der Waals surface area contributed by atoms with Crippen molar-refractivity contribution in [2.75, 3.05) is 5.73 Å². The Morgan fingerprint density at radius 2 is 1.78 bits per heavy atom. The van der Waals surface area contributed by atoms with E-state index in [1.54, 1.807) is 0 Å². The summed E-state index contributed by atoms with van der Waals surface area (Å²) in [6, 6.07) is 4.21. The lowest BCUT2D eigenvalue weighted by Crippen LogP contribution is -2.07. The Balaban J connectivity index is 2.43. The van der Waals surface area contributed by atoms with E-state index in [0.29, 0.717) is 0 Å². The maximum atomic E-state index is 13.4. The molecule has 2 aromatic heterocycles. The molecule has 0 saturated heterocycles. The van der Waals surface area contributed by atoms with Crippen molar-refractivity contribution in [3.8, 4) is 11.3 Å². The third-order valence-corrected chi connectivity index (χ3v) is 2.19. The van der Waals surface area contributed by atoms with E-state index in [-0.39, 0.29) is 17.1 Å². The average Bonchev–Trinajstić information content (AvgIpc) is 2.31. The zero-order valence-electron chi connectivity index (χ0n) is 8.87. The smallest absolute Gasteiger partial charge is 0.384 e. The molecule has 7 heteroatoms. The first kappa shape index (κ1) is 12.3. The number of alkyl halides is 3. The van der Waals surface area contributed by atoms with Crippen LogP contribution in [0.15, 0.2) is 30.5 Å². The molecule has 0 aliphatic heterocycles. The molecule has 0 radical (unpaired) electrons. The number of hydrogen-bond acceptors (Lipinski definition) is 3. The van der Waals surface area contributed by atoms with Crippen LogP contribution in [0.4, 0.5) is 23.4 Å². The van der Waals surface area contributed by atoms with Gasteiger partial charge in [-0.25, -0.2) is 9.37 Å². The Labute approximate surface area is 99.3 Å². The third kappa shape index (κ3) is 2.39. The highest BCUT2D eigenvalue weighted by molar-refractivity contribution is 5.60. The van der Waals surface area contributed by atoms with Crippen LogP contribution in [0.25, 0.3) is 11.3 Å². The van der Waals surface area contributed by atoms with Crippen LogP contribution in [0.5, 0.6) is 0 Å².